The Morgan fingerprint density at radius 1 is 0.185 bits per heavy atom. The number of benzene rings is 15. The van der Waals surface area contributed by atoms with Gasteiger partial charge in [-0.05, 0) is 190 Å². The molecule has 0 aliphatic carbocycles. The van der Waals surface area contributed by atoms with E-state index in [0.29, 0.717) is 101 Å². The molecule has 582 valence electrons. The number of hydrogen-bond donors (Lipinski definition) is 1. The van der Waals surface area contributed by atoms with E-state index in [1.165, 1.54) is 0 Å². The Morgan fingerprint density at radius 3 is 0.765 bits per heavy atom. The number of hydrogen-bond acceptors (Lipinski definition) is 15. The van der Waals surface area contributed by atoms with Crippen LogP contribution in [0.15, 0.2) is 370 Å². The summed E-state index contributed by atoms with van der Waals surface area (Å²) in [4.78, 5) is 99.9. The molecule has 0 fully saturated rings. The van der Waals surface area contributed by atoms with E-state index in [0.717, 1.165) is 11.1 Å². The highest BCUT2D eigenvalue weighted by Gasteiger charge is 2.28. The quantitative estimate of drug-likeness (QED) is 0.0358. The van der Waals surface area contributed by atoms with Gasteiger partial charge in [-0.3, -0.25) is 0 Å². The molecule has 0 unspecified atom stereocenters. The van der Waals surface area contributed by atoms with E-state index in [2.05, 4.69) is 0 Å². The second-order valence-electron chi connectivity index (χ2n) is 28.3. The van der Waals surface area contributed by atoms with Crippen LogP contribution in [0.4, 0.5) is 0 Å². The molecular formula is C104H76O15. The minimum atomic E-state index is -0.709. The van der Waals surface area contributed by atoms with Crippen molar-refractivity contribution in [1.82, 2.24) is 0 Å². The molecule has 15 heteroatoms. The van der Waals surface area contributed by atoms with Crippen LogP contribution in [0.5, 0.6) is 46.0 Å². The summed E-state index contributed by atoms with van der Waals surface area (Å²) in [6.07, 6.45) is 0.599. The molecule has 0 atom stereocenters. The minimum absolute atomic E-state index is 0.000190. The van der Waals surface area contributed by atoms with Gasteiger partial charge in [-0.25, -0.2) is 33.6 Å². The summed E-state index contributed by atoms with van der Waals surface area (Å²) >= 11 is 0. The van der Waals surface area contributed by atoms with Crippen molar-refractivity contribution in [2.75, 3.05) is 0 Å². The summed E-state index contributed by atoms with van der Waals surface area (Å²) in [5.41, 5.74) is 10.3. The first-order valence-corrected chi connectivity index (χ1v) is 38.7. The van der Waals surface area contributed by atoms with Gasteiger partial charge < -0.3 is 38.3 Å². The maximum absolute atomic E-state index is 15.3. The second-order valence-corrected chi connectivity index (χ2v) is 28.3. The third kappa shape index (κ3) is 20.1. The highest BCUT2D eigenvalue weighted by atomic mass is 16.6. The van der Waals surface area contributed by atoms with Crippen molar-refractivity contribution >= 4 is 41.8 Å². The highest BCUT2D eigenvalue weighted by Crippen LogP contribution is 2.41. The molecule has 0 aliphatic rings. The van der Waals surface area contributed by atoms with Gasteiger partial charge in [0.05, 0.1) is 38.9 Å². The standard InChI is InChI=1S/C104H76O15/c105-91-56-53-70(59-85(91)65-81-44-23-26-49-93(81)115-100(108)75-33-12-3-13-34-75)58-72-62-86(66-82-45-24-27-50-94(82)116-101(109)76-35-14-4-15-36-76)96(118-103(111)78-39-18-6-19-40-78)89(63-72)68-88-61-71(57-69-51-54-90(55-52-69)113-98(106)73-29-8-1-9-30-73)60-87(97(88)119-104(112)79-41-20-7-21-42-79)67-84-47-28-46-83(95(84)117-102(110)77-37-16-5-17-38-77)64-80-43-22-25-48-92(80)114-99(107)74-31-10-2-11-32-74/h1-56,59-63,105H,57-58,64-68H2. The van der Waals surface area contributed by atoms with Gasteiger partial charge in [-0.15, -0.1) is 0 Å². The number of rotatable bonds is 28. The molecule has 15 aromatic rings. The summed E-state index contributed by atoms with van der Waals surface area (Å²) in [5.74, 6) is -2.69. The Balaban J connectivity index is 0.907. The van der Waals surface area contributed by atoms with Crippen molar-refractivity contribution in [3.8, 4) is 46.0 Å². The van der Waals surface area contributed by atoms with Crippen molar-refractivity contribution in [1.29, 1.82) is 0 Å². The van der Waals surface area contributed by atoms with Crippen LogP contribution in [-0.4, -0.2) is 46.9 Å². The third-order valence-corrected chi connectivity index (χ3v) is 20.0. The fourth-order valence-corrected chi connectivity index (χ4v) is 14.1. The lowest BCUT2D eigenvalue weighted by Crippen LogP contribution is -2.15. The van der Waals surface area contributed by atoms with Gasteiger partial charge in [0.2, 0.25) is 0 Å². The van der Waals surface area contributed by atoms with Crippen molar-refractivity contribution in [3.05, 3.63) is 487 Å². The zero-order valence-corrected chi connectivity index (χ0v) is 64.3. The fourth-order valence-electron chi connectivity index (χ4n) is 14.1. The number of aromatic hydroxyl groups is 1. The Bertz CT molecular complexity index is 6180. The lowest BCUT2D eigenvalue weighted by molar-refractivity contribution is 0.0721. The number of carbonyl (C=O) groups is 7. The molecule has 0 saturated heterocycles. The van der Waals surface area contributed by atoms with Crippen LogP contribution in [0.3, 0.4) is 0 Å². The van der Waals surface area contributed by atoms with Crippen molar-refractivity contribution in [2.24, 2.45) is 0 Å². The Hall–Kier alpha value is -15.6. The van der Waals surface area contributed by atoms with E-state index in [-0.39, 0.29) is 96.1 Å². The van der Waals surface area contributed by atoms with E-state index >= 15 is 9.59 Å². The van der Waals surface area contributed by atoms with Gasteiger partial charge in [0.25, 0.3) is 0 Å². The monoisotopic (exact) mass is 1560 g/mol. The molecule has 0 spiro atoms. The lowest BCUT2D eigenvalue weighted by Gasteiger charge is -2.22. The van der Waals surface area contributed by atoms with Crippen LogP contribution < -0.4 is 33.2 Å². The summed E-state index contributed by atoms with van der Waals surface area (Å²) in [6.45, 7) is 0. The van der Waals surface area contributed by atoms with Crippen molar-refractivity contribution in [2.45, 2.75) is 44.9 Å². The average Bonchev–Trinajstić information content (AvgIpc) is 0.776. The van der Waals surface area contributed by atoms with Gasteiger partial charge in [0.1, 0.15) is 46.0 Å². The molecular weight excluding hydrogens is 1490 g/mol. The number of ether oxygens (including phenoxy) is 7. The van der Waals surface area contributed by atoms with Crippen molar-refractivity contribution in [3.63, 3.8) is 0 Å². The highest BCUT2D eigenvalue weighted by molar-refractivity contribution is 5.95. The number of para-hydroxylation sites is 4. The predicted molar refractivity (Wildman–Crippen MR) is 453 cm³/mol. The Morgan fingerprint density at radius 2 is 0.420 bits per heavy atom. The second kappa shape index (κ2) is 37.6. The van der Waals surface area contributed by atoms with Crippen LogP contribution in [0.1, 0.15) is 150 Å². The minimum Gasteiger partial charge on any atom is -0.508 e. The van der Waals surface area contributed by atoms with Crippen LogP contribution >= 0.6 is 0 Å². The fraction of sp³-hybridized carbons (Fsp3) is 0.0673. The number of esters is 7. The normalized spacial score (nSPS) is 10.9. The Kier molecular flexibility index (Phi) is 24.8. The van der Waals surface area contributed by atoms with Crippen LogP contribution in [0, 0.1) is 0 Å². The maximum atomic E-state index is 15.3. The van der Waals surface area contributed by atoms with Crippen LogP contribution in [0.2, 0.25) is 0 Å². The van der Waals surface area contributed by atoms with Gasteiger partial charge in [-0.1, -0.05) is 249 Å². The Labute approximate surface area is 687 Å². The summed E-state index contributed by atoms with van der Waals surface area (Å²) in [6, 6.07) is 107. The largest absolute Gasteiger partial charge is 0.508 e. The third-order valence-electron chi connectivity index (χ3n) is 20.0. The van der Waals surface area contributed by atoms with Crippen LogP contribution in [-0.2, 0) is 44.9 Å². The molecule has 15 rings (SSSR count). The SMILES string of the molecule is O=C(Oc1ccc(Cc2cc(Cc3cccc(Cc4ccccc4OC(=O)c4ccccc4)c3OC(=O)c3ccccc3)c(OC(=O)c3ccccc3)c(Cc3cc(Cc4ccc(O)c(Cc5ccccc5OC(=O)c5ccccc5)c4)cc(Cc4ccccc4OC(=O)c4ccccc4)c3OC(=O)c3ccccc3)c2)cc1)c1ccccc1. The smallest absolute Gasteiger partial charge is 0.343 e. The summed E-state index contributed by atoms with van der Waals surface area (Å²) in [5, 5.41) is 11.7. The molecule has 0 aromatic heterocycles. The molecule has 0 amide bonds. The molecule has 0 aliphatic heterocycles. The first-order valence-electron chi connectivity index (χ1n) is 38.7. The van der Waals surface area contributed by atoms with Crippen molar-refractivity contribution < 1.29 is 71.8 Å². The molecule has 0 radical (unpaired) electrons. The average molecular weight is 1570 g/mol. The van der Waals surface area contributed by atoms with E-state index < -0.39 is 41.8 Å². The van der Waals surface area contributed by atoms with E-state index in [4.69, 9.17) is 33.2 Å². The van der Waals surface area contributed by atoms with E-state index in [1.54, 1.807) is 249 Å². The lowest BCUT2D eigenvalue weighted by atomic mass is 9.89. The molecule has 0 heterocycles. The predicted octanol–water partition coefficient (Wildman–Crippen LogP) is 21.1. The van der Waals surface area contributed by atoms with Gasteiger partial charge >= 0.3 is 41.8 Å². The summed E-state index contributed by atoms with van der Waals surface area (Å²) < 4.78 is 44.6. The first-order chi connectivity index (χ1) is 58.2. The van der Waals surface area contributed by atoms with Gasteiger partial charge in [0, 0.05) is 54.4 Å². The zero-order valence-electron chi connectivity index (χ0n) is 64.3. The maximum Gasteiger partial charge on any atom is 0.343 e. The van der Waals surface area contributed by atoms with Gasteiger partial charge in [0.15, 0.2) is 0 Å². The first kappa shape index (κ1) is 78.7. The van der Waals surface area contributed by atoms with E-state index in [1.807, 2.05) is 121 Å². The number of phenols is 1. The molecule has 15 nitrogen and oxygen atoms in total. The molecule has 0 bridgehead atoms. The van der Waals surface area contributed by atoms with E-state index in [9.17, 15) is 29.1 Å². The number of carbonyl (C=O) groups excluding carboxylic acids is 7. The molecule has 1 N–H and O–H groups in total. The number of phenolic OH excluding ortho intramolecular Hbond substituents is 1. The summed E-state index contributed by atoms with van der Waals surface area (Å²) in [7, 11) is 0. The molecule has 15 aromatic carbocycles. The molecule has 119 heavy (non-hydrogen) atoms. The van der Waals surface area contributed by atoms with Crippen LogP contribution in [0.25, 0.3) is 0 Å². The van der Waals surface area contributed by atoms with Gasteiger partial charge in [-0.2, -0.15) is 0 Å². The topological polar surface area (TPSA) is 204 Å². The molecule has 0 saturated carbocycles. The zero-order chi connectivity index (χ0) is 81.8.